The van der Waals surface area contributed by atoms with Gasteiger partial charge in [-0.15, -0.1) is 0 Å². The summed E-state index contributed by atoms with van der Waals surface area (Å²) in [6.07, 6.45) is 1.71. The molecule has 0 bridgehead atoms. The maximum absolute atomic E-state index is 12.0. The molecule has 0 aliphatic carbocycles. The van der Waals surface area contributed by atoms with E-state index in [-0.39, 0.29) is 5.12 Å². The summed E-state index contributed by atoms with van der Waals surface area (Å²) < 4.78 is 16.7. The molecule has 7 heteroatoms. The molecular formula is C15H17NO4S2. The topological polar surface area (TPSA) is 57.1 Å². The molecule has 1 heterocycles. The third-order valence-electron chi connectivity index (χ3n) is 2.90. The van der Waals surface area contributed by atoms with E-state index in [9.17, 15) is 4.79 Å². The summed E-state index contributed by atoms with van der Waals surface area (Å²) in [4.78, 5) is 16.4. The van der Waals surface area contributed by atoms with Crippen LogP contribution in [-0.4, -0.2) is 36.6 Å². The summed E-state index contributed by atoms with van der Waals surface area (Å²) >= 11 is 2.71. The predicted molar refractivity (Wildman–Crippen MR) is 92.2 cm³/mol. The number of carbonyl (C=O) groups is 1. The molecule has 1 aliphatic heterocycles. The Bertz CT molecular complexity index is 641. The smallest absolute Gasteiger partial charge is 0.244 e. The number of hydrogen-bond donors (Lipinski definition) is 0. The van der Waals surface area contributed by atoms with Crippen LogP contribution < -0.4 is 14.2 Å². The lowest BCUT2D eigenvalue weighted by atomic mass is 10.1. The van der Waals surface area contributed by atoms with Crippen molar-refractivity contribution >= 4 is 39.1 Å². The van der Waals surface area contributed by atoms with Crippen LogP contribution >= 0.6 is 23.5 Å². The second-order valence-corrected chi connectivity index (χ2v) is 6.65. The summed E-state index contributed by atoms with van der Waals surface area (Å²) in [5, 5.41) is -0.0622. The van der Waals surface area contributed by atoms with E-state index in [0.717, 1.165) is 27.5 Å². The molecule has 0 radical (unpaired) electrons. The highest BCUT2D eigenvalue weighted by Gasteiger charge is 2.23. The van der Waals surface area contributed by atoms with Gasteiger partial charge in [0.25, 0.3) is 0 Å². The Hall–Kier alpha value is -1.60. The first-order chi connectivity index (χ1) is 10.6. The van der Waals surface area contributed by atoms with E-state index in [4.69, 9.17) is 14.2 Å². The Balaban J connectivity index is 2.44. The van der Waals surface area contributed by atoms with Crippen LogP contribution in [0.1, 0.15) is 12.5 Å². The van der Waals surface area contributed by atoms with Crippen molar-refractivity contribution < 1.29 is 19.0 Å². The van der Waals surface area contributed by atoms with Crippen LogP contribution in [0.25, 0.3) is 6.08 Å². The molecule has 0 aromatic heterocycles. The van der Waals surface area contributed by atoms with Crippen molar-refractivity contribution in [1.29, 1.82) is 0 Å². The van der Waals surface area contributed by atoms with Gasteiger partial charge in [0.05, 0.1) is 21.3 Å². The molecule has 118 valence electrons. The fourth-order valence-corrected chi connectivity index (χ4v) is 3.63. The molecule has 0 saturated heterocycles. The van der Waals surface area contributed by atoms with Gasteiger partial charge < -0.3 is 14.2 Å². The van der Waals surface area contributed by atoms with Crippen molar-refractivity contribution in [3.63, 3.8) is 0 Å². The van der Waals surface area contributed by atoms with Crippen LogP contribution in [0.4, 0.5) is 0 Å². The predicted octanol–water partition coefficient (Wildman–Crippen LogP) is 3.44. The Morgan fingerprint density at radius 1 is 1.14 bits per heavy atom. The highest BCUT2D eigenvalue weighted by molar-refractivity contribution is 8.45. The van der Waals surface area contributed by atoms with Crippen LogP contribution in [0.3, 0.4) is 0 Å². The summed E-state index contributed by atoms with van der Waals surface area (Å²) in [6, 6.07) is 3.49. The van der Waals surface area contributed by atoms with Crippen LogP contribution in [0.2, 0.25) is 0 Å². The minimum atomic E-state index is -0.0622. The lowest BCUT2D eigenvalue weighted by Crippen LogP contribution is -1.95. The van der Waals surface area contributed by atoms with Gasteiger partial charge >= 0.3 is 0 Å². The third-order valence-corrected chi connectivity index (χ3v) is 4.79. The number of ether oxygens (including phenoxy) is 3. The zero-order valence-electron chi connectivity index (χ0n) is 12.8. The van der Waals surface area contributed by atoms with Crippen molar-refractivity contribution in [3.05, 3.63) is 23.4 Å². The van der Waals surface area contributed by atoms with Gasteiger partial charge in [-0.25, -0.2) is 4.99 Å². The molecule has 0 saturated carbocycles. The Morgan fingerprint density at radius 2 is 1.77 bits per heavy atom. The Kier molecular flexibility index (Phi) is 5.79. The van der Waals surface area contributed by atoms with Crippen LogP contribution in [0, 0.1) is 0 Å². The van der Waals surface area contributed by atoms with Crippen molar-refractivity contribution in [2.24, 2.45) is 4.99 Å². The van der Waals surface area contributed by atoms with Crippen molar-refractivity contribution in [3.8, 4) is 17.2 Å². The second-order valence-electron chi connectivity index (χ2n) is 4.18. The summed E-state index contributed by atoms with van der Waals surface area (Å²) in [5.74, 6) is 2.61. The zero-order valence-corrected chi connectivity index (χ0v) is 14.5. The molecule has 2 rings (SSSR count). The largest absolute Gasteiger partial charge is 0.496 e. The molecule has 1 aliphatic rings. The fraction of sp³-hybridized carbons (Fsp3) is 0.333. The normalized spacial score (nSPS) is 15.9. The number of thioether (sulfide) groups is 2. The maximum Gasteiger partial charge on any atom is 0.244 e. The fourth-order valence-electron chi connectivity index (χ4n) is 1.89. The summed E-state index contributed by atoms with van der Waals surface area (Å²) in [6.45, 7) is 2.03. The first-order valence-corrected chi connectivity index (χ1v) is 8.38. The average molecular weight is 339 g/mol. The highest BCUT2D eigenvalue weighted by atomic mass is 32.2. The second kappa shape index (κ2) is 7.60. The van der Waals surface area contributed by atoms with Crippen molar-refractivity contribution in [1.82, 2.24) is 0 Å². The molecule has 5 nitrogen and oxygen atoms in total. The summed E-state index contributed by atoms with van der Waals surface area (Å²) in [5.41, 5.74) is 1.13. The first kappa shape index (κ1) is 16.8. The van der Waals surface area contributed by atoms with Gasteiger partial charge in [0.2, 0.25) is 5.12 Å². The standard InChI is InChI=1S/C15H17NO4S2/c1-5-21-15-16-10(14(17)22-15)6-9-7-12(19-3)13(20-4)8-11(9)18-2/h6-8H,5H2,1-4H3/b10-6-. The number of rotatable bonds is 5. The number of aliphatic imine (C=N–C) groups is 1. The van der Waals surface area contributed by atoms with Gasteiger partial charge in [0, 0.05) is 11.6 Å². The number of nitrogens with zero attached hydrogens (tertiary/aromatic N) is 1. The minimum Gasteiger partial charge on any atom is -0.496 e. The van der Waals surface area contributed by atoms with Gasteiger partial charge in [-0.2, -0.15) is 0 Å². The van der Waals surface area contributed by atoms with E-state index < -0.39 is 0 Å². The zero-order chi connectivity index (χ0) is 16.1. The third kappa shape index (κ3) is 3.59. The first-order valence-electron chi connectivity index (χ1n) is 6.58. The lowest BCUT2D eigenvalue weighted by Gasteiger charge is -2.12. The van der Waals surface area contributed by atoms with Gasteiger partial charge in [-0.3, -0.25) is 4.79 Å². The molecule has 0 spiro atoms. The van der Waals surface area contributed by atoms with Crippen molar-refractivity contribution in [2.45, 2.75) is 6.92 Å². The number of hydrogen-bond acceptors (Lipinski definition) is 7. The van der Waals surface area contributed by atoms with Crippen LogP contribution in [0.15, 0.2) is 22.8 Å². The molecule has 0 atom stereocenters. The average Bonchev–Trinajstić information content (AvgIpc) is 2.86. The van der Waals surface area contributed by atoms with E-state index in [1.807, 2.05) is 6.92 Å². The SMILES string of the molecule is CCSC1=N/C(=C\c2cc(OC)c(OC)cc2OC)C(=O)S1. The number of methoxy groups -OCH3 is 3. The molecule has 0 unspecified atom stereocenters. The molecule has 22 heavy (non-hydrogen) atoms. The van der Waals surface area contributed by atoms with Gasteiger partial charge in [-0.1, -0.05) is 18.7 Å². The van der Waals surface area contributed by atoms with Gasteiger partial charge in [-0.05, 0) is 29.7 Å². The number of carbonyl (C=O) groups excluding carboxylic acids is 1. The lowest BCUT2D eigenvalue weighted by molar-refractivity contribution is -0.107. The van der Waals surface area contributed by atoms with E-state index >= 15 is 0 Å². The summed E-state index contributed by atoms with van der Waals surface area (Å²) in [7, 11) is 4.69. The molecule has 0 amide bonds. The molecule has 0 fully saturated rings. The quantitative estimate of drug-likeness (QED) is 0.766. The molecule has 1 aromatic rings. The van der Waals surface area contributed by atoms with E-state index in [1.54, 1.807) is 51.3 Å². The maximum atomic E-state index is 12.0. The van der Waals surface area contributed by atoms with Gasteiger partial charge in [0.1, 0.15) is 15.8 Å². The highest BCUT2D eigenvalue weighted by Crippen LogP contribution is 2.37. The Labute approximate surface area is 138 Å². The van der Waals surface area contributed by atoms with Gasteiger partial charge in [0.15, 0.2) is 11.5 Å². The molecule has 1 aromatic carbocycles. The van der Waals surface area contributed by atoms with Crippen molar-refractivity contribution in [2.75, 3.05) is 27.1 Å². The molecular weight excluding hydrogens is 322 g/mol. The van der Waals surface area contributed by atoms with E-state index in [2.05, 4.69) is 4.99 Å². The van der Waals surface area contributed by atoms with E-state index in [0.29, 0.717) is 22.9 Å². The molecule has 0 N–H and O–H groups in total. The van der Waals surface area contributed by atoms with Crippen LogP contribution in [-0.2, 0) is 4.79 Å². The van der Waals surface area contributed by atoms with Crippen LogP contribution in [0.5, 0.6) is 17.2 Å². The Morgan fingerprint density at radius 3 is 2.36 bits per heavy atom. The monoisotopic (exact) mass is 339 g/mol. The van der Waals surface area contributed by atoms with E-state index in [1.165, 1.54) is 0 Å². The minimum absolute atomic E-state index is 0.0622. The number of benzene rings is 1.